The van der Waals surface area contributed by atoms with Crippen molar-refractivity contribution in [3.05, 3.63) is 41.2 Å². The second kappa shape index (κ2) is 4.10. The fraction of sp³-hybridized carbons (Fsp3) is 0. The Balaban J connectivity index is 2.29. The zero-order chi connectivity index (χ0) is 10.7. The lowest BCUT2D eigenvalue weighted by Crippen LogP contribution is -1.98. The summed E-state index contributed by atoms with van der Waals surface area (Å²) in [6, 6.07) is 9.74. The third-order valence-electron chi connectivity index (χ3n) is 1.87. The number of para-hydroxylation sites is 1. The number of H-pyrrole nitrogens is 1. The first kappa shape index (κ1) is 9.67. The van der Waals surface area contributed by atoms with Crippen molar-refractivity contribution >= 4 is 29.5 Å². The van der Waals surface area contributed by atoms with Crippen LogP contribution in [-0.4, -0.2) is 9.97 Å². The number of hydrogen-bond acceptors (Lipinski definition) is 4. The Bertz CT molecular complexity index is 506. The van der Waals surface area contributed by atoms with Crippen LogP contribution in [0.5, 0.6) is 0 Å². The van der Waals surface area contributed by atoms with Crippen molar-refractivity contribution in [1.29, 1.82) is 0 Å². The lowest BCUT2D eigenvalue weighted by atomic mass is 10.3. The number of nitrogens with one attached hydrogen (secondary N) is 2. The number of nitrogens with two attached hydrogens (primary N) is 1. The minimum absolute atomic E-state index is 0.318. The summed E-state index contributed by atoms with van der Waals surface area (Å²) in [6.45, 7) is 0. The highest BCUT2D eigenvalue weighted by Crippen LogP contribution is 2.15. The zero-order valence-electron chi connectivity index (χ0n) is 7.90. The van der Waals surface area contributed by atoms with Gasteiger partial charge in [-0.3, -0.25) is 0 Å². The number of aromatic nitrogens is 2. The maximum absolute atomic E-state index is 5.46. The van der Waals surface area contributed by atoms with E-state index in [0.29, 0.717) is 10.6 Å². The van der Waals surface area contributed by atoms with Gasteiger partial charge >= 0.3 is 0 Å². The Hall–Kier alpha value is -1.88. The summed E-state index contributed by atoms with van der Waals surface area (Å²) < 4.78 is 0.548. The van der Waals surface area contributed by atoms with Gasteiger partial charge in [0.15, 0.2) is 5.95 Å². The van der Waals surface area contributed by atoms with Crippen molar-refractivity contribution < 1.29 is 0 Å². The van der Waals surface area contributed by atoms with Gasteiger partial charge in [0.05, 0.1) is 11.9 Å². The number of nitrogen functional groups attached to an aromatic ring is 1. The Morgan fingerprint density at radius 2 is 2.00 bits per heavy atom. The number of rotatable bonds is 2. The summed E-state index contributed by atoms with van der Waals surface area (Å²) in [7, 11) is 0. The molecule has 15 heavy (non-hydrogen) atoms. The Morgan fingerprint density at radius 3 is 2.67 bits per heavy atom. The van der Waals surface area contributed by atoms with Crippen LogP contribution in [0.1, 0.15) is 0 Å². The number of hydrogen-bond donors (Lipinski definition) is 3. The molecule has 1 aromatic heterocycles. The van der Waals surface area contributed by atoms with E-state index >= 15 is 0 Å². The second-order valence-corrected chi connectivity index (χ2v) is 3.41. The Kier molecular flexibility index (Phi) is 2.64. The summed E-state index contributed by atoms with van der Waals surface area (Å²) in [5.41, 5.74) is 7.16. The van der Waals surface area contributed by atoms with E-state index in [9.17, 15) is 0 Å². The number of anilines is 3. The summed E-state index contributed by atoms with van der Waals surface area (Å²) in [5, 5.41) is 3.15. The second-order valence-electron chi connectivity index (χ2n) is 3.00. The highest BCUT2D eigenvalue weighted by molar-refractivity contribution is 7.71. The number of aromatic amines is 1. The first-order chi connectivity index (χ1) is 7.25. The molecule has 0 aliphatic carbocycles. The molecule has 0 aliphatic rings. The van der Waals surface area contributed by atoms with E-state index in [0.717, 1.165) is 11.4 Å². The predicted octanol–water partition coefficient (Wildman–Crippen LogP) is 2.46. The van der Waals surface area contributed by atoms with Gasteiger partial charge in [-0.2, -0.15) is 0 Å². The number of benzene rings is 1. The maximum Gasteiger partial charge on any atom is 0.198 e. The summed E-state index contributed by atoms with van der Waals surface area (Å²) in [5.74, 6) is 0.318. The first-order valence-electron chi connectivity index (χ1n) is 4.42. The van der Waals surface area contributed by atoms with E-state index in [1.807, 2.05) is 30.3 Å². The smallest absolute Gasteiger partial charge is 0.198 e. The molecule has 1 heterocycles. The average molecular weight is 218 g/mol. The molecule has 4 N–H and O–H groups in total. The fourth-order valence-electron chi connectivity index (χ4n) is 1.17. The van der Waals surface area contributed by atoms with Gasteiger partial charge in [0.25, 0.3) is 0 Å². The van der Waals surface area contributed by atoms with Gasteiger partial charge in [0, 0.05) is 5.69 Å². The van der Waals surface area contributed by atoms with E-state index in [-0.39, 0.29) is 0 Å². The fourth-order valence-corrected chi connectivity index (χ4v) is 1.38. The van der Waals surface area contributed by atoms with Crippen LogP contribution in [0.3, 0.4) is 0 Å². The molecule has 4 nitrogen and oxygen atoms in total. The molecular weight excluding hydrogens is 208 g/mol. The summed E-state index contributed by atoms with van der Waals surface area (Å²) in [6.07, 6.45) is 1.61. The molecule has 0 amide bonds. The highest BCUT2D eigenvalue weighted by atomic mass is 32.1. The first-order valence-corrected chi connectivity index (χ1v) is 4.83. The third-order valence-corrected chi connectivity index (χ3v) is 2.19. The van der Waals surface area contributed by atoms with Crippen LogP contribution < -0.4 is 11.1 Å². The van der Waals surface area contributed by atoms with Crippen LogP contribution in [0.15, 0.2) is 36.5 Å². The molecule has 0 atom stereocenters. The molecule has 0 spiro atoms. The van der Waals surface area contributed by atoms with Gasteiger partial charge in [-0.25, -0.2) is 4.98 Å². The Labute approximate surface area is 92.2 Å². The summed E-state index contributed by atoms with van der Waals surface area (Å²) in [4.78, 5) is 6.71. The van der Waals surface area contributed by atoms with Crippen LogP contribution in [0, 0.1) is 4.64 Å². The molecule has 0 saturated heterocycles. The summed E-state index contributed by atoms with van der Waals surface area (Å²) >= 11 is 5.10. The van der Waals surface area contributed by atoms with Gasteiger partial charge in [-0.05, 0) is 12.1 Å². The van der Waals surface area contributed by atoms with Gasteiger partial charge in [0.2, 0.25) is 0 Å². The molecule has 0 saturated carbocycles. The average Bonchev–Trinajstić information content (AvgIpc) is 2.24. The lowest BCUT2D eigenvalue weighted by molar-refractivity contribution is 1.17. The standard InChI is InChI=1S/C10H10N4S/c11-10-12-6-8(9(15)14-10)13-7-4-2-1-3-5-7/h1-6,13H,(H3,11,12,14,15). The molecule has 1 aromatic carbocycles. The quantitative estimate of drug-likeness (QED) is 0.677. The zero-order valence-corrected chi connectivity index (χ0v) is 8.71. The highest BCUT2D eigenvalue weighted by Gasteiger charge is 1.97. The van der Waals surface area contributed by atoms with E-state index in [2.05, 4.69) is 15.3 Å². The van der Waals surface area contributed by atoms with Gasteiger partial charge in [-0.1, -0.05) is 30.4 Å². The molecule has 0 bridgehead atoms. The topological polar surface area (TPSA) is 66.7 Å². The minimum Gasteiger partial charge on any atom is -0.369 e. The largest absolute Gasteiger partial charge is 0.369 e. The van der Waals surface area contributed by atoms with Crippen molar-refractivity contribution in [1.82, 2.24) is 9.97 Å². The van der Waals surface area contributed by atoms with Crippen molar-refractivity contribution in [3.8, 4) is 0 Å². The molecule has 0 fully saturated rings. The Morgan fingerprint density at radius 1 is 1.27 bits per heavy atom. The monoisotopic (exact) mass is 218 g/mol. The molecular formula is C10H10N4S. The van der Waals surface area contributed by atoms with E-state index in [1.165, 1.54) is 0 Å². The molecule has 76 valence electrons. The van der Waals surface area contributed by atoms with E-state index in [1.54, 1.807) is 6.20 Å². The third kappa shape index (κ3) is 2.32. The molecule has 2 rings (SSSR count). The van der Waals surface area contributed by atoms with Crippen LogP contribution in [0.4, 0.5) is 17.3 Å². The number of nitrogens with zero attached hydrogens (tertiary/aromatic N) is 1. The van der Waals surface area contributed by atoms with Gasteiger partial charge < -0.3 is 16.0 Å². The van der Waals surface area contributed by atoms with E-state index < -0.39 is 0 Å². The van der Waals surface area contributed by atoms with Crippen molar-refractivity contribution in [3.63, 3.8) is 0 Å². The molecule has 2 aromatic rings. The van der Waals surface area contributed by atoms with Crippen molar-refractivity contribution in [2.45, 2.75) is 0 Å². The van der Waals surface area contributed by atoms with E-state index in [4.69, 9.17) is 18.0 Å². The van der Waals surface area contributed by atoms with Crippen LogP contribution >= 0.6 is 12.2 Å². The van der Waals surface area contributed by atoms with Crippen molar-refractivity contribution in [2.24, 2.45) is 0 Å². The molecule has 0 unspecified atom stereocenters. The molecule has 0 aliphatic heterocycles. The van der Waals surface area contributed by atoms with Gasteiger partial charge in [-0.15, -0.1) is 0 Å². The van der Waals surface area contributed by atoms with Gasteiger partial charge in [0.1, 0.15) is 4.64 Å². The minimum atomic E-state index is 0.318. The lowest BCUT2D eigenvalue weighted by Gasteiger charge is -2.05. The van der Waals surface area contributed by atoms with Crippen LogP contribution in [0.25, 0.3) is 0 Å². The molecule has 0 radical (unpaired) electrons. The predicted molar refractivity (Wildman–Crippen MR) is 63.6 cm³/mol. The van der Waals surface area contributed by atoms with Crippen LogP contribution in [0.2, 0.25) is 0 Å². The normalized spacial score (nSPS) is 9.87. The maximum atomic E-state index is 5.46. The SMILES string of the molecule is Nc1ncc(Nc2ccccc2)c(=S)[nH]1. The van der Waals surface area contributed by atoms with Crippen LogP contribution in [-0.2, 0) is 0 Å². The molecule has 5 heteroatoms. The van der Waals surface area contributed by atoms with Crippen molar-refractivity contribution in [2.75, 3.05) is 11.1 Å².